The van der Waals surface area contributed by atoms with Crippen LogP contribution in [-0.4, -0.2) is 20.2 Å². The summed E-state index contributed by atoms with van der Waals surface area (Å²) in [4.78, 5) is 0. The lowest BCUT2D eigenvalue weighted by molar-refractivity contribution is 0.181. The Bertz CT molecular complexity index is 406. The van der Waals surface area contributed by atoms with Gasteiger partial charge in [-0.25, -0.2) is 4.39 Å². The van der Waals surface area contributed by atoms with Gasteiger partial charge in [-0.2, -0.15) is 0 Å². The predicted octanol–water partition coefficient (Wildman–Crippen LogP) is 2.77. The van der Waals surface area contributed by atoms with Crippen LogP contribution in [0.2, 0.25) is 0 Å². The summed E-state index contributed by atoms with van der Waals surface area (Å²) >= 11 is 0. The number of ether oxygens (including phenoxy) is 1. The molecule has 94 valence electrons. The fraction of sp³-hybridized carbons (Fsp3) is 0.385. The van der Waals surface area contributed by atoms with Gasteiger partial charge in [-0.15, -0.1) is 12.4 Å². The molecular formula is C13H17ClFNO. The summed E-state index contributed by atoms with van der Waals surface area (Å²) in [5, 5.41) is 3.22. The quantitative estimate of drug-likeness (QED) is 0.899. The van der Waals surface area contributed by atoms with E-state index in [2.05, 4.69) is 11.4 Å². The molecule has 0 radical (unpaired) electrons. The van der Waals surface area contributed by atoms with Gasteiger partial charge in [-0.3, -0.25) is 0 Å². The van der Waals surface area contributed by atoms with Gasteiger partial charge in [0.2, 0.25) is 0 Å². The molecule has 1 heterocycles. The average molecular weight is 258 g/mol. The highest BCUT2D eigenvalue weighted by Gasteiger charge is 2.13. The van der Waals surface area contributed by atoms with Gasteiger partial charge in [0.15, 0.2) is 0 Å². The van der Waals surface area contributed by atoms with Crippen LogP contribution in [0.4, 0.5) is 4.39 Å². The van der Waals surface area contributed by atoms with E-state index < -0.39 is 0 Å². The maximum atomic E-state index is 14.1. The highest BCUT2D eigenvalue weighted by atomic mass is 35.5. The third-order valence-corrected chi connectivity index (χ3v) is 2.79. The zero-order valence-electron chi connectivity index (χ0n) is 9.83. The Balaban J connectivity index is 0.00000144. The minimum atomic E-state index is -0.141. The molecule has 0 amide bonds. The number of methoxy groups -OCH3 is 1. The van der Waals surface area contributed by atoms with E-state index in [9.17, 15) is 4.39 Å². The summed E-state index contributed by atoms with van der Waals surface area (Å²) in [6.45, 7) is 2.06. The van der Waals surface area contributed by atoms with Crippen LogP contribution in [0.1, 0.15) is 17.5 Å². The number of benzene rings is 1. The van der Waals surface area contributed by atoms with Crippen molar-refractivity contribution in [2.24, 2.45) is 0 Å². The Morgan fingerprint density at radius 2 is 2.24 bits per heavy atom. The number of halogens is 2. The maximum absolute atomic E-state index is 14.1. The average Bonchev–Trinajstić information content (AvgIpc) is 2.33. The van der Waals surface area contributed by atoms with Gasteiger partial charge >= 0.3 is 0 Å². The van der Waals surface area contributed by atoms with E-state index in [1.54, 1.807) is 13.2 Å². The molecule has 0 unspecified atom stereocenters. The van der Waals surface area contributed by atoms with Crippen molar-refractivity contribution in [2.45, 2.75) is 13.0 Å². The Labute approximate surface area is 107 Å². The zero-order valence-corrected chi connectivity index (χ0v) is 10.6. The lowest BCUT2D eigenvalue weighted by atomic mass is 9.98. The van der Waals surface area contributed by atoms with Gasteiger partial charge in [-0.05, 0) is 18.5 Å². The first-order chi connectivity index (χ1) is 7.83. The van der Waals surface area contributed by atoms with Crippen molar-refractivity contribution in [2.75, 3.05) is 20.2 Å². The number of hydrogen-bond acceptors (Lipinski definition) is 2. The molecular weight excluding hydrogens is 241 g/mol. The highest BCUT2D eigenvalue weighted by molar-refractivity contribution is 5.85. The Morgan fingerprint density at radius 1 is 1.41 bits per heavy atom. The molecule has 1 N–H and O–H groups in total. The van der Waals surface area contributed by atoms with Crippen LogP contribution in [0, 0.1) is 5.82 Å². The largest absolute Gasteiger partial charge is 0.380 e. The van der Waals surface area contributed by atoms with Crippen LogP contribution in [0.5, 0.6) is 0 Å². The summed E-state index contributed by atoms with van der Waals surface area (Å²) in [5.74, 6) is -0.141. The van der Waals surface area contributed by atoms with Crippen molar-refractivity contribution >= 4 is 18.0 Å². The Morgan fingerprint density at radius 3 is 2.88 bits per heavy atom. The van der Waals surface area contributed by atoms with E-state index in [1.165, 1.54) is 0 Å². The summed E-state index contributed by atoms with van der Waals surface area (Å²) < 4.78 is 19.1. The molecule has 1 aliphatic heterocycles. The van der Waals surface area contributed by atoms with Gasteiger partial charge in [0.25, 0.3) is 0 Å². The van der Waals surface area contributed by atoms with Crippen LogP contribution in [0.25, 0.3) is 5.57 Å². The molecule has 0 fully saturated rings. The van der Waals surface area contributed by atoms with Crippen LogP contribution < -0.4 is 5.32 Å². The predicted molar refractivity (Wildman–Crippen MR) is 69.8 cm³/mol. The molecule has 4 heteroatoms. The van der Waals surface area contributed by atoms with Crippen molar-refractivity contribution in [3.05, 3.63) is 41.2 Å². The third-order valence-electron chi connectivity index (χ3n) is 2.79. The van der Waals surface area contributed by atoms with Gasteiger partial charge < -0.3 is 10.1 Å². The van der Waals surface area contributed by atoms with Crippen molar-refractivity contribution in [3.8, 4) is 0 Å². The number of rotatable bonds is 3. The number of hydrogen-bond donors (Lipinski definition) is 1. The van der Waals surface area contributed by atoms with Gasteiger partial charge in [0.05, 0.1) is 6.61 Å². The first-order valence-corrected chi connectivity index (χ1v) is 5.49. The van der Waals surface area contributed by atoms with Crippen LogP contribution >= 0.6 is 12.4 Å². The first kappa shape index (κ1) is 14.2. The molecule has 0 aliphatic carbocycles. The van der Waals surface area contributed by atoms with Crippen molar-refractivity contribution in [1.82, 2.24) is 5.32 Å². The molecule has 0 atom stereocenters. The standard InChI is InChI=1S/C13H16FNO.ClH/c1-16-9-11-3-2-4-12(13(11)14)10-5-7-15-8-6-10;/h2-5,15H,6-9H2,1H3;1H. The Kier molecular flexibility index (Phi) is 5.62. The van der Waals surface area contributed by atoms with Gasteiger partial charge in [0, 0.05) is 24.8 Å². The minimum Gasteiger partial charge on any atom is -0.380 e. The Hall–Kier alpha value is -0.900. The minimum absolute atomic E-state index is 0. The first-order valence-electron chi connectivity index (χ1n) is 5.49. The van der Waals surface area contributed by atoms with E-state index in [0.29, 0.717) is 12.2 Å². The van der Waals surface area contributed by atoms with Crippen LogP contribution in [-0.2, 0) is 11.3 Å². The van der Waals surface area contributed by atoms with Crippen LogP contribution in [0.15, 0.2) is 24.3 Å². The van der Waals surface area contributed by atoms with Gasteiger partial charge in [0.1, 0.15) is 5.82 Å². The normalized spacial score (nSPS) is 15.1. The highest BCUT2D eigenvalue weighted by Crippen LogP contribution is 2.24. The lowest BCUT2D eigenvalue weighted by Gasteiger charge is -2.16. The molecule has 0 spiro atoms. The second-order valence-corrected chi connectivity index (χ2v) is 3.90. The summed E-state index contributed by atoms with van der Waals surface area (Å²) in [7, 11) is 1.58. The fourth-order valence-corrected chi connectivity index (χ4v) is 1.96. The second kappa shape index (κ2) is 6.74. The third kappa shape index (κ3) is 3.28. The van der Waals surface area contributed by atoms with Crippen molar-refractivity contribution in [3.63, 3.8) is 0 Å². The lowest BCUT2D eigenvalue weighted by Crippen LogP contribution is -2.20. The molecule has 1 aromatic carbocycles. The molecule has 0 aromatic heterocycles. The molecule has 0 saturated carbocycles. The SMILES string of the molecule is COCc1cccc(C2=CCNCC2)c1F.Cl. The summed E-state index contributed by atoms with van der Waals surface area (Å²) in [5.41, 5.74) is 2.43. The van der Waals surface area contributed by atoms with E-state index in [0.717, 1.165) is 30.6 Å². The topological polar surface area (TPSA) is 21.3 Å². The molecule has 1 aromatic rings. The van der Waals surface area contributed by atoms with Crippen LogP contribution in [0.3, 0.4) is 0 Å². The monoisotopic (exact) mass is 257 g/mol. The number of nitrogens with one attached hydrogen (secondary N) is 1. The van der Waals surface area contributed by atoms with Crippen molar-refractivity contribution in [1.29, 1.82) is 0 Å². The smallest absolute Gasteiger partial charge is 0.136 e. The molecule has 0 bridgehead atoms. The van der Waals surface area contributed by atoms with Gasteiger partial charge in [-0.1, -0.05) is 24.3 Å². The molecule has 17 heavy (non-hydrogen) atoms. The second-order valence-electron chi connectivity index (χ2n) is 3.90. The van der Waals surface area contributed by atoms with E-state index in [4.69, 9.17) is 4.74 Å². The van der Waals surface area contributed by atoms with E-state index in [-0.39, 0.29) is 18.2 Å². The molecule has 2 rings (SSSR count). The van der Waals surface area contributed by atoms with E-state index >= 15 is 0 Å². The maximum Gasteiger partial charge on any atom is 0.136 e. The molecule has 1 aliphatic rings. The summed E-state index contributed by atoms with van der Waals surface area (Å²) in [6, 6.07) is 5.49. The van der Waals surface area contributed by atoms with E-state index in [1.807, 2.05) is 12.1 Å². The molecule has 2 nitrogen and oxygen atoms in total. The zero-order chi connectivity index (χ0) is 11.4. The fourth-order valence-electron chi connectivity index (χ4n) is 1.96. The molecule has 0 saturated heterocycles. The van der Waals surface area contributed by atoms with Crippen molar-refractivity contribution < 1.29 is 9.13 Å². The summed E-state index contributed by atoms with van der Waals surface area (Å²) in [6.07, 6.45) is 2.94.